The average molecular weight is 289 g/mol. The zero-order valence-electron chi connectivity index (χ0n) is 12.1. The number of carboxylic acid groups (broad SMARTS) is 1. The molecule has 0 radical (unpaired) electrons. The Bertz CT molecular complexity index is 738. The highest BCUT2D eigenvalue weighted by Crippen LogP contribution is 2.33. The maximum atomic E-state index is 12.5. The van der Waals surface area contributed by atoms with E-state index in [0.717, 1.165) is 18.5 Å². The fourth-order valence-corrected chi connectivity index (χ4v) is 3.15. The molecule has 1 saturated carbocycles. The van der Waals surface area contributed by atoms with Crippen molar-refractivity contribution in [3.8, 4) is 0 Å². The number of carboxylic acids is 1. The Labute approximate surface area is 121 Å². The zero-order chi connectivity index (χ0) is 15.0. The highest BCUT2D eigenvalue weighted by atomic mass is 16.4. The maximum Gasteiger partial charge on any atom is 0.303 e. The van der Waals surface area contributed by atoms with Crippen LogP contribution in [-0.2, 0) is 11.2 Å². The van der Waals surface area contributed by atoms with Crippen LogP contribution in [0.3, 0.4) is 0 Å². The lowest BCUT2D eigenvalue weighted by molar-refractivity contribution is -0.136. The molecule has 0 unspecified atom stereocenters. The lowest BCUT2D eigenvalue weighted by atomic mass is 10.1. The van der Waals surface area contributed by atoms with Gasteiger partial charge < -0.3 is 5.11 Å². The minimum atomic E-state index is -0.906. The third kappa shape index (κ3) is 2.57. The zero-order valence-corrected chi connectivity index (χ0v) is 12.1. The molecule has 0 aromatic carbocycles. The van der Waals surface area contributed by atoms with Gasteiger partial charge in [-0.15, -0.1) is 0 Å². The minimum Gasteiger partial charge on any atom is -0.481 e. The van der Waals surface area contributed by atoms with Gasteiger partial charge in [-0.1, -0.05) is 12.8 Å². The second-order valence-electron chi connectivity index (χ2n) is 5.76. The van der Waals surface area contributed by atoms with Gasteiger partial charge in [0, 0.05) is 35.4 Å². The molecule has 0 amide bonds. The molecule has 21 heavy (non-hydrogen) atoms. The summed E-state index contributed by atoms with van der Waals surface area (Å²) in [5, 5.41) is 11.9. The van der Waals surface area contributed by atoms with Crippen molar-refractivity contribution >= 4 is 11.6 Å². The number of carbonyl (C=O) groups is 1. The van der Waals surface area contributed by atoms with Crippen molar-refractivity contribution in [3.05, 3.63) is 33.4 Å². The first-order valence-electron chi connectivity index (χ1n) is 7.39. The number of nitrogens with one attached hydrogen (secondary N) is 1. The van der Waals surface area contributed by atoms with Crippen LogP contribution in [0.2, 0.25) is 0 Å². The molecule has 0 saturated heterocycles. The summed E-state index contributed by atoms with van der Waals surface area (Å²) in [7, 11) is 0. The van der Waals surface area contributed by atoms with E-state index in [1.54, 1.807) is 6.92 Å². The molecule has 1 fully saturated rings. The summed E-state index contributed by atoms with van der Waals surface area (Å²) in [5.74, 6) is -0.425. The fraction of sp³-hybridized carbons (Fsp3) is 0.533. The molecule has 0 bridgehead atoms. The smallest absolute Gasteiger partial charge is 0.303 e. The van der Waals surface area contributed by atoms with Gasteiger partial charge in [-0.05, 0) is 26.2 Å². The third-order valence-corrected chi connectivity index (χ3v) is 4.32. The van der Waals surface area contributed by atoms with Crippen LogP contribution in [0.15, 0.2) is 10.9 Å². The van der Waals surface area contributed by atoms with E-state index in [2.05, 4.69) is 10.1 Å². The number of nitrogens with zero attached hydrogens (tertiary/aromatic N) is 2. The van der Waals surface area contributed by atoms with Crippen LogP contribution in [0.5, 0.6) is 0 Å². The molecule has 6 nitrogen and oxygen atoms in total. The maximum absolute atomic E-state index is 12.5. The molecule has 1 aliphatic carbocycles. The first-order valence-corrected chi connectivity index (χ1v) is 7.39. The van der Waals surface area contributed by atoms with Gasteiger partial charge in [-0.3, -0.25) is 14.7 Å². The predicted molar refractivity (Wildman–Crippen MR) is 77.7 cm³/mol. The molecule has 6 heteroatoms. The topological polar surface area (TPSA) is 87.5 Å². The van der Waals surface area contributed by atoms with Gasteiger partial charge in [-0.2, -0.15) is 0 Å². The SMILES string of the molecule is Cc1nc2cc(C3CCCC3)[nH]n2c(=O)c1CCC(=O)O. The largest absolute Gasteiger partial charge is 0.481 e. The van der Waals surface area contributed by atoms with Crippen molar-refractivity contribution in [2.75, 3.05) is 0 Å². The van der Waals surface area contributed by atoms with E-state index in [4.69, 9.17) is 5.11 Å². The second kappa shape index (κ2) is 5.35. The number of aryl methyl sites for hydroxylation is 1. The second-order valence-corrected chi connectivity index (χ2v) is 5.76. The predicted octanol–water partition coefficient (Wildman–Crippen LogP) is 2.01. The van der Waals surface area contributed by atoms with Crippen LogP contribution in [-0.4, -0.2) is 25.7 Å². The summed E-state index contributed by atoms with van der Waals surface area (Å²) in [5.41, 5.74) is 2.61. The van der Waals surface area contributed by atoms with Crippen LogP contribution in [0.1, 0.15) is 55.0 Å². The van der Waals surface area contributed by atoms with E-state index < -0.39 is 5.97 Å². The molecule has 0 aliphatic heterocycles. The molecule has 0 atom stereocenters. The quantitative estimate of drug-likeness (QED) is 0.901. The van der Waals surface area contributed by atoms with Crippen molar-refractivity contribution in [3.63, 3.8) is 0 Å². The number of rotatable bonds is 4. The highest BCUT2D eigenvalue weighted by Gasteiger charge is 2.20. The van der Waals surface area contributed by atoms with Crippen molar-refractivity contribution < 1.29 is 9.90 Å². The lowest BCUT2D eigenvalue weighted by Gasteiger charge is -2.04. The number of fused-ring (bicyclic) bond motifs is 1. The number of hydrogen-bond donors (Lipinski definition) is 2. The van der Waals surface area contributed by atoms with Crippen molar-refractivity contribution in [2.24, 2.45) is 0 Å². The van der Waals surface area contributed by atoms with E-state index in [1.807, 2.05) is 6.07 Å². The van der Waals surface area contributed by atoms with Gasteiger partial charge >= 0.3 is 5.97 Å². The molecule has 1 aliphatic rings. The van der Waals surface area contributed by atoms with Gasteiger partial charge in [0.25, 0.3) is 5.56 Å². The van der Waals surface area contributed by atoms with Crippen molar-refractivity contribution in [2.45, 2.75) is 51.4 Å². The summed E-state index contributed by atoms with van der Waals surface area (Å²) in [6, 6.07) is 1.95. The van der Waals surface area contributed by atoms with Gasteiger partial charge in [0.15, 0.2) is 5.65 Å². The normalized spacial score (nSPS) is 15.9. The third-order valence-electron chi connectivity index (χ3n) is 4.32. The molecule has 2 aromatic heterocycles. The highest BCUT2D eigenvalue weighted by molar-refractivity contribution is 5.67. The van der Waals surface area contributed by atoms with Crippen molar-refractivity contribution in [1.82, 2.24) is 14.6 Å². The molecule has 0 spiro atoms. The minimum absolute atomic E-state index is 0.0555. The lowest BCUT2D eigenvalue weighted by Crippen LogP contribution is -2.22. The van der Waals surface area contributed by atoms with E-state index in [1.165, 1.54) is 17.4 Å². The summed E-state index contributed by atoms with van der Waals surface area (Å²) in [6.07, 6.45) is 4.91. The van der Waals surface area contributed by atoms with E-state index in [0.29, 0.717) is 22.8 Å². The first kappa shape index (κ1) is 13.9. The van der Waals surface area contributed by atoms with Crippen LogP contribution in [0.25, 0.3) is 5.65 Å². The number of aliphatic carboxylic acids is 1. The van der Waals surface area contributed by atoms with Crippen LogP contribution in [0.4, 0.5) is 0 Å². The summed E-state index contributed by atoms with van der Waals surface area (Å²) in [6.45, 7) is 1.76. The van der Waals surface area contributed by atoms with Gasteiger partial charge in [0.1, 0.15) is 0 Å². The van der Waals surface area contributed by atoms with E-state index >= 15 is 0 Å². The molecular weight excluding hydrogens is 270 g/mol. The number of H-pyrrole nitrogens is 1. The van der Waals surface area contributed by atoms with Gasteiger partial charge in [0.2, 0.25) is 0 Å². The Hall–Kier alpha value is -2.11. The number of aromatic nitrogens is 3. The Balaban J connectivity index is 2.02. The van der Waals surface area contributed by atoms with Gasteiger partial charge in [0.05, 0.1) is 0 Å². The molecule has 2 heterocycles. The molecular formula is C15H19N3O3. The Morgan fingerprint density at radius 3 is 2.86 bits per heavy atom. The summed E-state index contributed by atoms with van der Waals surface area (Å²) >= 11 is 0. The number of hydrogen-bond acceptors (Lipinski definition) is 3. The molecule has 112 valence electrons. The Morgan fingerprint density at radius 1 is 1.48 bits per heavy atom. The standard InChI is InChI=1S/C15H19N3O3/c1-9-11(6-7-14(19)20)15(21)18-13(16-9)8-12(17-18)10-4-2-3-5-10/h8,10,17H,2-7H2,1H3,(H,19,20). The molecule has 2 N–H and O–H groups in total. The Kier molecular flexibility index (Phi) is 3.53. The van der Waals surface area contributed by atoms with E-state index in [-0.39, 0.29) is 18.4 Å². The first-order chi connectivity index (χ1) is 10.1. The van der Waals surface area contributed by atoms with Crippen LogP contribution < -0.4 is 5.56 Å². The number of aromatic amines is 1. The molecule has 2 aromatic rings. The monoisotopic (exact) mass is 289 g/mol. The van der Waals surface area contributed by atoms with E-state index in [9.17, 15) is 9.59 Å². The van der Waals surface area contributed by atoms with Gasteiger partial charge in [-0.25, -0.2) is 9.50 Å². The Morgan fingerprint density at radius 2 is 2.19 bits per heavy atom. The van der Waals surface area contributed by atoms with Crippen LogP contribution >= 0.6 is 0 Å². The van der Waals surface area contributed by atoms with Crippen LogP contribution in [0, 0.1) is 6.92 Å². The summed E-state index contributed by atoms with van der Waals surface area (Å²) in [4.78, 5) is 27.6. The summed E-state index contributed by atoms with van der Waals surface area (Å²) < 4.78 is 1.46. The fourth-order valence-electron chi connectivity index (χ4n) is 3.15. The average Bonchev–Trinajstić information content (AvgIpc) is 3.05. The molecule has 3 rings (SSSR count). The van der Waals surface area contributed by atoms with Crippen molar-refractivity contribution in [1.29, 1.82) is 0 Å².